The number of hydrogen-bond acceptors (Lipinski definition) is 31. The summed E-state index contributed by atoms with van der Waals surface area (Å²) in [5.74, 6) is -8.46. The number of nitro benzene ring substituents is 1. The predicted octanol–water partition coefficient (Wildman–Crippen LogP) is 6.57. The van der Waals surface area contributed by atoms with Crippen molar-refractivity contribution in [3.05, 3.63) is 106 Å². The molecule has 0 aliphatic carbocycles. The minimum atomic E-state index is -5.87. The van der Waals surface area contributed by atoms with E-state index < -0.39 is 229 Å². The first kappa shape index (κ1) is 67.5. The molecule has 1 aromatic heterocycles. The Morgan fingerprint density at radius 3 is 1.48 bits per heavy atom. The summed E-state index contributed by atoms with van der Waals surface area (Å²) < 4.78 is 247. The molecule has 0 spiro atoms. The van der Waals surface area contributed by atoms with E-state index in [2.05, 4.69) is 46.0 Å². The van der Waals surface area contributed by atoms with E-state index in [0.29, 0.717) is 35.0 Å². The van der Waals surface area contributed by atoms with Crippen LogP contribution in [0.1, 0.15) is 20.8 Å². The van der Waals surface area contributed by atoms with Crippen LogP contribution in [-0.2, 0) is 70.8 Å². The van der Waals surface area contributed by atoms with Gasteiger partial charge in [-0.15, -0.1) is 35.8 Å². The Kier molecular flexibility index (Phi) is 17.2. The Hall–Kier alpha value is -10.4. The second-order valence-electron chi connectivity index (χ2n) is 17.8. The summed E-state index contributed by atoms with van der Waals surface area (Å²) in [6, 6.07) is 7.36. The molecule has 0 bridgehead atoms. The lowest BCUT2D eigenvalue weighted by Gasteiger charge is -2.15. The van der Waals surface area contributed by atoms with E-state index in [-0.39, 0.29) is 36.0 Å². The number of phenolic OH excluding ortho intramolecular Hbond substituents is 2. The Balaban J connectivity index is 1.26. The topological polar surface area (TPSA) is 702 Å². The number of fused-ring (bicyclic) bond motifs is 2. The molecule has 0 aliphatic rings. The quantitative estimate of drug-likeness (QED) is 0.0134. The monoisotopic (exact) mass is 1420 g/mol. The SMILES string of the molecule is Nc1c(N=Nc2ccc3c(O)c(N=Nc4cc(C(=O)O)c(N=Nc5c(C(=O)O)nn(-c6ccc(S(=O)(=O)O)cc6)c5O)c(S(=O)(=O)O)c4)c(S(=O)(=O)O)cc3c2S(=O)(=O)O)cc(S(=O)(=O)O)c2cc(S(=O)(=O)O)c(N=Nc3ccc([N+](=O)[O-])cc3S(=O)(=O)O)c(O)c12. The summed E-state index contributed by atoms with van der Waals surface area (Å²) >= 11 is 0. The highest BCUT2D eigenvalue weighted by molar-refractivity contribution is 7.87. The smallest absolute Gasteiger partial charge is 0.358 e. The van der Waals surface area contributed by atoms with E-state index in [1.807, 2.05) is 0 Å². The number of carboxylic acids is 2. The number of nitrogens with two attached hydrogens (primary N) is 1. The third-order valence-electron chi connectivity index (χ3n) is 12.0. The molecule has 0 radical (unpaired) electrons. The number of hydrogen-bond donors (Lipinski definition) is 13. The average Bonchev–Trinajstić information content (AvgIpc) is 0.914. The van der Waals surface area contributed by atoms with Gasteiger partial charge in [0.05, 0.1) is 37.8 Å². The highest BCUT2D eigenvalue weighted by Gasteiger charge is 2.33. The van der Waals surface area contributed by atoms with Crippen molar-refractivity contribution in [2.45, 2.75) is 34.3 Å². The van der Waals surface area contributed by atoms with E-state index in [1.54, 1.807) is 0 Å². The van der Waals surface area contributed by atoms with Gasteiger partial charge in [0.1, 0.15) is 63.5 Å². The number of rotatable bonds is 19. The molecule has 0 saturated heterocycles. The predicted molar refractivity (Wildman–Crippen MR) is 300 cm³/mol. The van der Waals surface area contributed by atoms with Gasteiger partial charge in [-0.2, -0.15) is 73.8 Å². The van der Waals surface area contributed by atoms with E-state index in [0.717, 1.165) is 24.3 Å². The molecule has 92 heavy (non-hydrogen) atoms. The van der Waals surface area contributed by atoms with E-state index >= 15 is 0 Å². The maximum Gasteiger partial charge on any atom is 0.358 e. The Bertz CT molecular complexity index is 5630. The van der Waals surface area contributed by atoms with E-state index in [1.165, 1.54) is 0 Å². The van der Waals surface area contributed by atoms with Gasteiger partial charge in [-0.3, -0.25) is 42.0 Å². The molecule has 0 aliphatic heterocycles. The number of aromatic carboxylic acids is 2. The second kappa shape index (κ2) is 23.4. The number of nitro groups is 1. The maximum absolute atomic E-state index is 13.2. The van der Waals surface area contributed by atoms with Gasteiger partial charge in [-0.1, -0.05) is 0 Å². The highest BCUT2D eigenvalue weighted by atomic mass is 32.2. The molecular formula is C43H28N12O30S7. The number of non-ortho nitro benzene ring substituents is 1. The third-order valence-corrected chi connectivity index (χ3v) is 18.2. The standard InChI is InChI=1S/C43H28N12O30S7/c44-32-25(14-26(87(68,69)70)21-13-30(91(80,81)82)35(39(57)31(21)32)51-46-23-7-3-17(55(63)64)11-27(23)88(71,72)73)48-47-24-8-6-19-20(40(24)92(83,84)85)12-29(90(77,78)79)34(38(19)56)50-45-15-9-22(42(59)60)33(28(10-15)89(74,75)76)49-52-36-37(43(61)62)53-54(41(36)58)16-1-4-18(5-2-16)86(65,66)67/h1-14,56-58H,44H2,(H,59,60)(H,61,62)(H,65,66,67)(H,68,69,70)(H,71,72,73)(H,74,75,76)(H,77,78,79)(H,80,81,82)(H,83,84,85). The number of benzene rings is 7. The normalized spacial score (nSPS) is 13.2. The first-order valence-electron chi connectivity index (χ1n) is 23.0. The van der Waals surface area contributed by atoms with Crippen LogP contribution in [0.3, 0.4) is 0 Å². The molecule has 49 heteroatoms. The minimum absolute atomic E-state index is 0.172. The van der Waals surface area contributed by atoms with Gasteiger partial charge in [0.15, 0.2) is 17.2 Å². The van der Waals surface area contributed by atoms with Crippen molar-refractivity contribution in [3.63, 3.8) is 0 Å². The number of aromatic nitrogens is 2. The summed E-state index contributed by atoms with van der Waals surface area (Å²) in [4.78, 5) is 25.1. The summed E-state index contributed by atoms with van der Waals surface area (Å²) in [6.45, 7) is 0. The fourth-order valence-electron chi connectivity index (χ4n) is 8.14. The minimum Gasteiger partial charge on any atom is -0.505 e. The van der Waals surface area contributed by atoms with Crippen LogP contribution < -0.4 is 5.73 Å². The zero-order valence-corrected chi connectivity index (χ0v) is 49.4. The first-order chi connectivity index (χ1) is 42.2. The van der Waals surface area contributed by atoms with Gasteiger partial charge in [-0.05, 0) is 72.8 Å². The lowest BCUT2D eigenvalue weighted by Crippen LogP contribution is -2.04. The van der Waals surface area contributed by atoms with Crippen molar-refractivity contribution < 1.29 is 131 Å². The number of phenols is 2. The van der Waals surface area contributed by atoms with Crippen LogP contribution >= 0.6 is 0 Å². The van der Waals surface area contributed by atoms with E-state index in [9.17, 15) is 136 Å². The fraction of sp³-hybridized carbons (Fsp3) is 0. The van der Waals surface area contributed by atoms with Crippen molar-refractivity contribution >= 4 is 161 Å². The van der Waals surface area contributed by atoms with Gasteiger partial charge in [0.2, 0.25) is 11.6 Å². The third kappa shape index (κ3) is 13.4. The number of nitrogen functional groups attached to an aromatic ring is 1. The molecule has 8 aromatic rings. The van der Waals surface area contributed by atoms with Crippen LogP contribution in [0.25, 0.3) is 27.2 Å². The number of azo groups is 4. The van der Waals surface area contributed by atoms with Crippen molar-refractivity contribution in [1.29, 1.82) is 0 Å². The van der Waals surface area contributed by atoms with E-state index in [4.69, 9.17) is 5.73 Å². The largest absolute Gasteiger partial charge is 0.505 e. The fourth-order valence-corrected chi connectivity index (χ4v) is 12.7. The molecule has 8 rings (SSSR count). The summed E-state index contributed by atoms with van der Waals surface area (Å²) in [5, 5.41) is 92.2. The summed E-state index contributed by atoms with van der Waals surface area (Å²) in [5.41, 5.74) is -8.17. The zero-order chi connectivity index (χ0) is 68.7. The maximum atomic E-state index is 13.2. The van der Waals surface area contributed by atoms with Gasteiger partial charge in [0, 0.05) is 28.3 Å². The van der Waals surface area contributed by atoms with Gasteiger partial charge in [-0.25, -0.2) is 9.59 Å². The molecular weight excluding hydrogens is 1390 g/mol. The zero-order valence-electron chi connectivity index (χ0n) is 43.7. The number of anilines is 1. The lowest BCUT2D eigenvalue weighted by atomic mass is 10.0. The van der Waals surface area contributed by atoms with Crippen molar-refractivity contribution in [3.8, 4) is 23.1 Å². The Labute approximate surface area is 509 Å². The summed E-state index contributed by atoms with van der Waals surface area (Å²) in [6.07, 6.45) is 0. The highest BCUT2D eigenvalue weighted by Crippen LogP contribution is 2.50. The second-order valence-corrected chi connectivity index (χ2v) is 27.5. The van der Waals surface area contributed by atoms with Crippen LogP contribution in [0, 0.1) is 10.1 Å². The Morgan fingerprint density at radius 2 is 0.957 bits per heavy atom. The van der Waals surface area contributed by atoms with Crippen LogP contribution in [-0.4, -0.2) is 143 Å². The van der Waals surface area contributed by atoms with Gasteiger partial charge in [0.25, 0.3) is 76.5 Å². The van der Waals surface area contributed by atoms with Crippen LogP contribution in [0.5, 0.6) is 17.4 Å². The Morgan fingerprint density at radius 1 is 0.467 bits per heavy atom. The van der Waals surface area contributed by atoms with Crippen molar-refractivity contribution in [2.75, 3.05) is 5.73 Å². The molecule has 0 amide bonds. The van der Waals surface area contributed by atoms with Crippen LogP contribution in [0.15, 0.2) is 160 Å². The molecule has 0 fully saturated rings. The van der Waals surface area contributed by atoms with Crippen molar-refractivity contribution in [2.24, 2.45) is 40.9 Å². The molecule has 42 nitrogen and oxygen atoms in total. The average molecular weight is 1420 g/mol. The van der Waals surface area contributed by atoms with Crippen LogP contribution in [0.2, 0.25) is 0 Å². The van der Waals surface area contributed by atoms with Crippen LogP contribution in [0.4, 0.5) is 56.9 Å². The number of carboxylic acid groups (broad SMARTS) is 2. The molecule has 0 unspecified atom stereocenters. The molecule has 14 N–H and O–H groups in total. The first-order valence-corrected chi connectivity index (χ1v) is 33.1. The number of nitrogens with zero attached hydrogens (tertiary/aromatic N) is 11. The van der Waals surface area contributed by atoms with Gasteiger partial charge < -0.3 is 31.3 Å². The summed E-state index contributed by atoms with van der Waals surface area (Å²) in [7, 11) is -39.1. The van der Waals surface area contributed by atoms with Gasteiger partial charge >= 0.3 is 11.9 Å². The number of aromatic hydroxyl groups is 3. The molecule has 482 valence electrons. The van der Waals surface area contributed by atoms with Crippen molar-refractivity contribution in [1.82, 2.24) is 9.78 Å². The lowest BCUT2D eigenvalue weighted by molar-refractivity contribution is -0.385. The molecule has 1 heterocycles. The molecule has 0 atom stereocenters. The molecule has 0 saturated carbocycles. The number of carbonyl (C=O) groups is 2. The molecule has 7 aromatic carbocycles.